The van der Waals surface area contributed by atoms with Crippen LogP contribution in [0.5, 0.6) is 0 Å². The first-order valence-electron chi connectivity index (χ1n) is 8.19. The van der Waals surface area contributed by atoms with E-state index in [1.807, 2.05) is 4.90 Å². The molecule has 1 fully saturated rings. The molecule has 2 N–H and O–H groups in total. The van der Waals surface area contributed by atoms with Gasteiger partial charge >= 0.3 is 0 Å². The molecule has 21 heavy (non-hydrogen) atoms. The number of carbonyl (C=O) groups excluding carboxylic acids is 1. The van der Waals surface area contributed by atoms with Crippen molar-refractivity contribution in [1.29, 1.82) is 0 Å². The predicted octanol–water partition coefficient (Wildman–Crippen LogP) is 3.60. The maximum absolute atomic E-state index is 12.3. The summed E-state index contributed by atoms with van der Waals surface area (Å²) < 4.78 is 0. The summed E-state index contributed by atoms with van der Waals surface area (Å²) in [5.41, 5.74) is 8.84. The van der Waals surface area contributed by atoms with E-state index < -0.39 is 0 Å². The zero-order valence-corrected chi connectivity index (χ0v) is 13.5. The van der Waals surface area contributed by atoms with Crippen LogP contribution in [0.15, 0.2) is 24.3 Å². The van der Waals surface area contributed by atoms with Crippen LogP contribution < -0.4 is 5.73 Å². The van der Waals surface area contributed by atoms with Crippen LogP contribution in [-0.4, -0.2) is 23.4 Å². The highest BCUT2D eigenvalue weighted by Gasteiger charge is 2.34. The number of likely N-dealkylation sites (tertiary alicyclic amines) is 1. The lowest BCUT2D eigenvalue weighted by Crippen LogP contribution is -2.49. The average molecular weight is 288 g/mol. The lowest BCUT2D eigenvalue weighted by molar-refractivity contribution is -0.137. The summed E-state index contributed by atoms with van der Waals surface area (Å²) in [5, 5.41) is 0. The highest BCUT2D eigenvalue weighted by atomic mass is 16.2. The molecular formula is C18H28N2O. The molecule has 1 aliphatic heterocycles. The van der Waals surface area contributed by atoms with Crippen molar-refractivity contribution in [2.75, 3.05) is 6.54 Å². The lowest BCUT2D eigenvalue weighted by atomic mass is 9.89. The normalized spacial score (nSPS) is 22.9. The van der Waals surface area contributed by atoms with Crippen molar-refractivity contribution in [2.24, 2.45) is 5.73 Å². The highest BCUT2D eigenvalue weighted by Crippen LogP contribution is 2.32. The molecule has 2 atom stereocenters. The van der Waals surface area contributed by atoms with E-state index in [2.05, 4.69) is 45.0 Å². The predicted molar refractivity (Wildman–Crippen MR) is 87.1 cm³/mol. The van der Waals surface area contributed by atoms with Gasteiger partial charge < -0.3 is 10.6 Å². The molecule has 0 radical (unpaired) electrons. The number of carbonyl (C=O) groups is 1. The molecule has 1 amide bonds. The van der Waals surface area contributed by atoms with Crippen LogP contribution >= 0.6 is 0 Å². The Kier molecular flexibility index (Phi) is 5.40. The number of hydrogen-bond donors (Lipinski definition) is 1. The van der Waals surface area contributed by atoms with Gasteiger partial charge in [-0.05, 0) is 29.9 Å². The number of amides is 1. The fraction of sp³-hybridized carbons (Fsp3) is 0.611. The van der Waals surface area contributed by atoms with Crippen molar-refractivity contribution in [3.63, 3.8) is 0 Å². The van der Waals surface area contributed by atoms with Crippen molar-refractivity contribution >= 4 is 5.91 Å². The monoisotopic (exact) mass is 288 g/mol. The third-order valence-corrected chi connectivity index (χ3v) is 4.45. The first-order valence-corrected chi connectivity index (χ1v) is 8.19. The number of unbranched alkanes of at least 4 members (excludes halogenated alkanes) is 1. The van der Waals surface area contributed by atoms with Crippen molar-refractivity contribution in [3.8, 4) is 0 Å². The van der Waals surface area contributed by atoms with Gasteiger partial charge in [0.2, 0.25) is 5.91 Å². The molecule has 1 aliphatic rings. The van der Waals surface area contributed by atoms with Gasteiger partial charge in [-0.15, -0.1) is 0 Å². The zero-order chi connectivity index (χ0) is 15.4. The second-order valence-electron chi connectivity index (χ2n) is 6.41. The maximum Gasteiger partial charge on any atom is 0.223 e. The second-order valence-corrected chi connectivity index (χ2v) is 6.41. The Bertz CT molecular complexity index is 467. The minimum atomic E-state index is 0.0408. The summed E-state index contributed by atoms with van der Waals surface area (Å²) >= 11 is 0. The fourth-order valence-corrected chi connectivity index (χ4v) is 3.08. The smallest absolute Gasteiger partial charge is 0.223 e. The maximum atomic E-state index is 12.3. The molecule has 116 valence electrons. The first-order chi connectivity index (χ1) is 10.0. The van der Waals surface area contributed by atoms with E-state index >= 15 is 0 Å². The Balaban J connectivity index is 2.24. The molecule has 0 aromatic heterocycles. The van der Waals surface area contributed by atoms with Crippen molar-refractivity contribution in [3.05, 3.63) is 35.4 Å². The summed E-state index contributed by atoms with van der Waals surface area (Å²) in [4.78, 5) is 14.3. The number of nitrogens with two attached hydrogens (primary N) is 1. The molecule has 0 saturated carbocycles. The Morgan fingerprint density at radius 3 is 2.52 bits per heavy atom. The molecule has 1 heterocycles. The zero-order valence-electron chi connectivity index (χ0n) is 13.5. The number of benzene rings is 1. The molecule has 0 aliphatic carbocycles. The topological polar surface area (TPSA) is 46.3 Å². The minimum absolute atomic E-state index is 0.0408. The van der Waals surface area contributed by atoms with Crippen molar-refractivity contribution < 1.29 is 4.79 Å². The van der Waals surface area contributed by atoms with E-state index in [4.69, 9.17) is 5.73 Å². The molecule has 2 unspecified atom stereocenters. The van der Waals surface area contributed by atoms with Crippen molar-refractivity contribution in [1.82, 2.24) is 4.90 Å². The minimum Gasteiger partial charge on any atom is -0.334 e. The number of nitrogens with zero attached hydrogens (tertiary/aromatic N) is 1. The Morgan fingerprint density at radius 2 is 1.95 bits per heavy atom. The summed E-state index contributed by atoms with van der Waals surface area (Å²) in [5.74, 6) is 0.778. The Morgan fingerprint density at radius 1 is 1.29 bits per heavy atom. The third kappa shape index (κ3) is 3.65. The number of hydrogen-bond acceptors (Lipinski definition) is 2. The van der Waals surface area contributed by atoms with Gasteiger partial charge in [0, 0.05) is 19.0 Å². The lowest BCUT2D eigenvalue weighted by Gasteiger charge is -2.40. The molecule has 1 saturated heterocycles. The second kappa shape index (κ2) is 7.08. The van der Waals surface area contributed by atoms with E-state index in [1.165, 1.54) is 11.1 Å². The molecule has 2 rings (SSSR count). The van der Waals surface area contributed by atoms with Crippen LogP contribution in [0.2, 0.25) is 0 Å². The van der Waals surface area contributed by atoms with Gasteiger partial charge in [0.05, 0.1) is 6.04 Å². The molecule has 0 bridgehead atoms. The number of rotatable bonds is 5. The first kappa shape index (κ1) is 16.0. The van der Waals surface area contributed by atoms with E-state index in [1.54, 1.807) is 0 Å². The van der Waals surface area contributed by atoms with Crippen LogP contribution in [0.4, 0.5) is 0 Å². The van der Waals surface area contributed by atoms with E-state index in [-0.39, 0.29) is 18.0 Å². The fourth-order valence-electron chi connectivity index (χ4n) is 3.08. The number of piperidine rings is 1. The largest absolute Gasteiger partial charge is 0.334 e. The molecular weight excluding hydrogens is 260 g/mol. The molecule has 1 aromatic rings. The van der Waals surface area contributed by atoms with E-state index in [9.17, 15) is 4.79 Å². The van der Waals surface area contributed by atoms with Crippen LogP contribution in [0.25, 0.3) is 0 Å². The van der Waals surface area contributed by atoms with Gasteiger partial charge in [0.15, 0.2) is 0 Å². The summed E-state index contributed by atoms with van der Waals surface area (Å²) in [6.07, 6.45) is 3.51. The quantitative estimate of drug-likeness (QED) is 0.900. The third-order valence-electron chi connectivity index (χ3n) is 4.45. The average Bonchev–Trinajstić information content (AvgIpc) is 2.48. The van der Waals surface area contributed by atoms with Gasteiger partial charge in [0.1, 0.15) is 0 Å². The van der Waals surface area contributed by atoms with Crippen LogP contribution in [0.1, 0.15) is 69.5 Å². The van der Waals surface area contributed by atoms with Crippen LogP contribution in [0, 0.1) is 0 Å². The standard InChI is InChI=1S/C18H28N2O/c1-4-5-12-20-17(21)11-10-16(19)18(20)15-8-6-14(7-9-15)13(2)3/h6-9,13,16,18H,4-5,10-12,19H2,1-3H3. The van der Waals surface area contributed by atoms with Crippen LogP contribution in [0.3, 0.4) is 0 Å². The Labute approximate surface area is 128 Å². The van der Waals surface area contributed by atoms with E-state index in [0.717, 1.165) is 25.8 Å². The van der Waals surface area contributed by atoms with Gasteiger partial charge in [-0.3, -0.25) is 4.79 Å². The van der Waals surface area contributed by atoms with Crippen LogP contribution in [-0.2, 0) is 4.79 Å². The molecule has 3 heteroatoms. The highest BCUT2D eigenvalue weighted by molar-refractivity contribution is 5.78. The van der Waals surface area contributed by atoms with Gasteiger partial charge in [0.25, 0.3) is 0 Å². The summed E-state index contributed by atoms with van der Waals surface area (Å²) in [7, 11) is 0. The summed E-state index contributed by atoms with van der Waals surface area (Å²) in [6.45, 7) is 7.36. The molecule has 1 aromatic carbocycles. The molecule has 0 spiro atoms. The van der Waals surface area contributed by atoms with Gasteiger partial charge in [-0.25, -0.2) is 0 Å². The van der Waals surface area contributed by atoms with Crippen molar-refractivity contribution in [2.45, 2.75) is 64.5 Å². The SMILES string of the molecule is CCCCN1C(=O)CCC(N)C1c1ccc(C(C)C)cc1. The Hall–Kier alpha value is -1.35. The van der Waals surface area contributed by atoms with Gasteiger partial charge in [-0.2, -0.15) is 0 Å². The van der Waals surface area contributed by atoms with Gasteiger partial charge in [-0.1, -0.05) is 51.5 Å². The van der Waals surface area contributed by atoms with E-state index in [0.29, 0.717) is 12.3 Å². The molecule has 3 nitrogen and oxygen atoms in total. The summed E-state index contributed by atoms with van der Waals surface area (Å²) in [6, 6.07) is 8.73.